The second-order valence-corrected chi connectivity index (χ2v) is 7.00. The first-order chi connectivity index (χ1) is 13.4. The van der Waals surface area contributed by atoms with Gasteiger partial charge in [-0.2, -0.15) is 0 Å². The van der Waals surface area contributed by atoms with Crippen molar-refractivity contribution in [2.24, 2.45) is 5.92 Å². The topological polar surface area (TPSA) is 100.0 Å². The lowest BCUT2D eigenvalue weighted by molar-refractivity contribution is -0.143. The first-order valence-electron chi connectivity index (χ1n) is 9.20. The van der Waals surface area contributed by atoms with E-state index in [2.05, 4.69) is 4.98 Å². The molecule has 7 nitrogen and oxygen atoms in total. The summed E-state index contributed by atoms with van der Waals surface area (Å²) in [5.74, 6) is -0.324. The van der Waals surface area contributed by atoms with Crippen LogP contribution in [0, 0.1) is 5.92 Å². The van der Waals surface area contributed by atoms with Crippen LogP contribution in [0.15, 0.2) is 48.8 Å². The van der Waals surface area contributed by atoms with Gasteiger partial charge in [-0.05, 0) is 54.2 Å². The van der Waals surface area contributed by atoms with Gasteiger partial charge >= 0.3 is 12.1 Å². The number of carboxylic acids is 1. The summed E-state index contributed by atoms with van der Waals surface area (Å²) in [7, 11) is 0. The summed E-state index contributed by atoms with van der Waals surface area (Å²) in [5.41, 5.74) is 1.93. The summed E-state index contributed by atoms with van der Waals surface area (Å²) >= 11 is 0. The summed E-state index contributed by atoms with van der Waals surface area (Å²) < 4.78 is 5.71. The van der Waals surface area contributed by atoms with Gasteiger partial charge < -0.3 is 14.9 Å². The number of carbonyl (C=O) groups is 2. The van der Waals surface area contributed by atoms with E-state index >= 15 is 0 Å². The van der Waals surface area contributed by atoms with Crippen LogP contribution in [-0.4, -0.2) is 44.7 Å². The van der Waals surface area contributed by atoms with Gasteiger partial charge in [0.2, 0.25) is 0 Å². The molecule has 0 saturated heterocycles. The van der Waals surface area contributed by atoms with E-state index in [1.165, 1.54) is 0 Å². The van der Waals surface area contributed by atoms with Crippen LogP contribution >= 0.6 is 0 Å². The number of pyridine rings is 1. The molecule has 0 aliphatic rings. The predicted octanol–water partition coefficient (Wildman–Crippen LogP) is 3.68. The van der Waals surface area contributed by atoms with Crippen molar-refractivity contribution in [1.29, 1.82) is 0 Å². The fraction of sp³-hybridized carbons (Fsp3) is 0.381. The number of ether oxygens (including phenoxy) is 1. The van der Waals surface area contributed by atoms with Crippen LogP contribution in [0.1, 0.15) is 31.4 Å². The number of amides is 1. The van der Waals surface area contributed by atoms with Crippen molar-refractivity contribution in [3.05, 3.63) is 59.9 Å². The maximum Gasteiger partial charge on any atom is 0.408 e. The van der Waals surface area contributed by atoms with Crippen molar-refractivity contribution in [2.45, 2.75) is 39.3 Å². The molecule has 0 aliphatic carbocycles. The molecule has 0 spiro atoms. The molecule has 0 fully saturated rings. The molecule has 0 aliphatic heterocycles. The van der Waals surface area contributed by atoms with Crippen molar-refractivity contribution in [3.63, 3.8) is 0 Å². The summed E-state index contributed by atoms with van der Waals surface area (Å²) in [6, 6.07) is 10.1. The number of benzene rings is 1. The Morgan fingerprint density at radius 2 is 1.68 bits per heavy atom. The Kier molecular flexibility index (Phi) is 7.80. The third-order valence-corrected chi connectivity index (χ3v) is 4.32. The van der Waals surface area contributed by atoms with Crippen LogP contribution in [0.3, 0.4) is 0 Å². The zero-order valence-corrected chi connectivity index (χ0v) is 16.1. The molecule has 28 heavy (non-hydrogen) atoms. The van der Waals surface area contributed by atoms with Gasteiger partial charge in [0, 0.05) is 18.9 Å². The number of hydrogen-bond acceptors (Lipinski definition) is 4. The van der Waals surface area contributed by atoms with Gasteiger partial charge in [-0.15, -0.1) is 0 Å². The third kappa shape index (κ3) is 6.57. The van der Waals surface area contributed by atoms with Crippen molar-refractivity contribution < 1.29 is 24.5 Å². The quantitative estimate of drug-likeness (QED) is 0.646. The highest BCUT2D eigenvalue weighted by Gasteiger charge is 2.29. The van der Waals surface area contributed by atoms with Crippen molar-refractivity contribution in [1.82, 2.24) is 9.88 Å². The standard InChI is InChI=1S/C21H26N2O5/c1-15(2)13-19(20(24)25)23(21(26)27)12-9-16-3-5-18(6-4-16)28-14-17-7-10-22-11-8-17/h3-8,10-11,15,19H,9,12-14H2,1-2H3,(H,24,25)(H,26,27)/t19-/m0/s1. The average molecular weight is 386 g/mol. The first kappa shape index (κ1) is 21.2. The molecule has 0 unspecified atom stereocenters. The molecule has 2 aromatic rings. The molecular formula is C21H26N2O5. The highest BCUT2D eigenvalue weighted by molar-refractivity contribution is 5.79. The maximum absolute atomic E-state index is 11.6. The van der Waals surface area contributed by atoms with Crippen LogP contribution < -0.4 is 4.74 Å². The average Bonchev–Trinajstić information content (AvgIpc) is 2.66. The van der Waals surface area contributed by atoms with Crippen LogP contribution in [0.25, 0.3) is 0 Å². The Morgan fingerprint density at radius 1 is 1.04 bits per heavy atom. The zero-order chi connectivity index (χ0) is 20.5. The second kappa shape index (κ2) is 10.3. The minimum atomic E-state index is -1.22. The monoisotopic (exact) mass is 386 g/mol. The van der Waals surface area contributed by atoms with E-state index in [4.69, 9.17) is 4.74 Å². The van der Waals surface area contributed by atoms with Gasteiger partial charge in [-0.25, -0.2) is 9.59 Å². The number of hydrogen-bond donors (Lipinski definition) is 2. The Balaban J connectivity index is 1.94. The number of aliphatic carboxylic acids is 1. The van der Waals surface area contributed by atoms with E-state index < -0.39 is 18.1 Å². The zero-order valence-electron chi connectivity index (χ0n) is 16.1. The minimum absolute atomic E-state index is 0.0831. The van der Waals surface area contributed by atoms with Gasteiger partial charge in [0.15, 0.2) is 0 Å². The maximum atomic E-state index is 11.6. The Hall–Kier alpha value is -3.09. The molecule has 2 rings (SSSR count). The summed E-state index contributed by atoms with van der Waals surface area (Å²) in [5, 5.41) is 18.8. The lowest BCUT2D eigenvalue weighted by Gasteiger charge is -2.27. The smallest absolute Gasteiger partial charge is 0.408 e. The molecule has 150 valence electrons. The van der Waals surface area contributed by atoms with Crippen LogP contribution in [-0.2, 0) is 17.8 Å². The third-order valence-electron chi connectivity index (χ3n) is 4.32. The van der Waals surface area contributed by atoms with E-state index in [1.807, 2.05) is 50.2 Å². The predicted molar refractivity (Wildman–Crippen MR) is 104 cm³/mol. The molecule has 0 saturated carbocycles. The summed E-state index contributed by atoms with van der Waals surface area (Å²) in [4.78, 5) is 28.0. The summed E-state index contributed by atoms with van der Waals surface area (Å²) in [6.07, 6.45) is 2.91. The molecule has 1 amide bonds. The van der Waals surface area contributed by atoms with E-state index in [1.54, 1.807) is 12.4 Å². The number of rotatable bonds is 10. The molecule has 1 heterocycles. The van der Waals surface area contributed by atoms with Crippen LogP contribution in [0.4, 0.5) is 4.79 Å². The molecule has 2 N–H and O–H groups in total. The Bertz CT molecular complexity index is 762. The Morgan fingerprint density at radius 3 is 2.21 bits per heavy atom. The number of aromatic nitrogens is 1. The van der Waals surface area contributed by atoms with Crippen molar-refractivity contribution in [3.8, 4) is 5.75 Å². The number of carboxylic acid groups (broad SMARTS) is 2. The van der Waals surface area contributed by atoms with Crippen molar-refractivity contribution in [2.75, 3.05) is 6.54 Å². The normalized spacial score (nSPS) is 11.8. The molecule has 1 atom stereocenters. The van der Waals surface area contributed by atoms with Gasteiger partial charge in [0.1, 0.15) is 18.4 Å². The molecular weight excluding hydrogens is 360 g/mol. The fourth-order valence-electron chi connectivity index (χ4n) is 2.84. The molecule has 0 bridgehead atoms. The van der Waals surface area contributed by atoms with Crippen LogP contribution in [0.2, 0.25) is 0 Å². The lowest BCUT2D eigenvalue weighted by atomic mass is 10.0. The van der Waals surface area contributed by atoms with E-state index in [0.717, 1.165) is 16.0 Å². The summed E-state index contributed by atoms with van der Waals surface area (Å²) in [6.45, 7) is 4.31. The van der Waals surface area contributed by atoms with E-state index in [9.17, 15) is 19.8 Å². The SMILES string of the molecule is CC(C)C[C@@H](C(=O)O)N(CCc1ccc(OCc2ccncc2)cc1)C(=O)O. The Labute approximate surface area is 164 Å². The molecule has 7 heteroatoms. The van der Waals surface area contributed by atoms with Gasteiger partial charge in [0.25, 0.3) is 0 Å². The highest BCUT2D eigenvalue weighted by Crippen LogP contribution is 2.17. The second-order valence-electron chi connectivity index (χ2n) is 7.00. The van der Waals surface area contributed by atoms with E-state index in [0.29, 0.717) is 18.8 Å². The number of nitrogens with zero attached hydrogens (tertiary/aromatic N) is 2. The van der Waals surface area contributed by atoms with E-state index in [-0.39, 0.29) is 18.9 Å². The van der Waals surface area contributed by atoms with Gasteiger partial charge in [-0.1, -0.05) is 26.0 Å². The van der Waals surface area contributed by atoms with Gasteiger partial charge in [-0.3, -0.25) is 9.88 Å². The largest absolute Gasteiger partial charge is 0.489 e. The molecule has 0 radical (unpaired) electrons. The minimum Gasteiger partial charge on any atom is -0.489 e. The first-order valence-corrected chi connectivity index (χ1v) is 9.20. The fourth-order valence-corrected chi connectivity index (χ4v) is 2.84. The lowest BCUT2D eigenvalue weighted by Crippen LogP contribution is -2.46. The van der Waals surface area contributed by atoms with Gasteiger partial charge in [0.05, 0.1) is 0 Å². The van der Waals surface area contributed by atoms with Crippen LogP contribution in [0.5, 0.6) is 5.75 Å². The highest BCUT2D eigenvalue weighted by atomic mass is 16.5. The van der Waals surface area contributed by atoms with Crippen molar-refractivity contribution >= 4 is 12.1 Å². The molecule has 1 aromatic carbocycles. The molecule has 1 aromatic heterocycles.